The van der Waals surface area contributed by atoms with Crippen LogP contribution in [0, 0.1) is 12.7 Å². The molecule has 19 heavy (non-hydrogen) atoms. The summed E-state index contributed by atoms with van der Waals surface area (Å²) in [4.78, 5) is 10.9. The second-order valence-corrected chi connectivity index (χ2v) is 6.62. The fourth-order valence-corrected chi connectivity index (χ4v) is 3.88. The number of carbonyl (C=O) groups is 1. The van der Waals surface area contributed by atoms with Crippen LogP contribution < -0.4 is 0 Å². The number of rotatable bonds is 3. The molecule has 1 aromatic carbocycles. The van der Waals surface area contributed by atoms with Gasteiger partial charge in [-0.15, -0.1) is 0 Å². The molecule has 0 bridgehead atoms. The molecule has 1 aliphatic heterocycles. The Hall–Kier alpha value is -1.27. The van der Waals surface area contributed by atoms with E-state index in [4.69, 9.17) is 0 Å². The van der Waals surface area contributed by atoms with Crippen molar-refractivity contribution in [3.05, 3.63) is 29.6 Å². The van der Waals surface area contributed by atoms with Crippen molar-refractivity contribution in [3.8, 4) is 0 Å². The Morgan fingerprint density at radius 3 is 2.74 bits per heavy atom. The van der Waals surface area contributed by atoms with Gasteiger partial charge in [0.1, 0.15) is 12.1 Å². The molecule has 0 aromatic heterocycles. The second kappa shape index (κ2) is 5.38. The van der Waals surface area contributed by atoms with Crippen molar-refractivity contribution in [3.63, 3.8) is 0 Å². The summed E-state index contributed by atoms with van der Waals surface area (Å²) in [6, 6.07) is 3.19. The molecular weight excluding hydrogens is 269 g/mol. The molecule has 1 fully saturated rings. The molecule has 1 unspecified atom stereocenters. The lowest BCUT2D eigenvalue weighted by Crippen LogP contribution is -2.44. The van der Waals surface area contributed by atoms with Gasteiger partial charge in [-0.25, -0.2) is 12.8 Å². The number of nitrogens with zero attached hydrogens (tertiary/aromatic N) is 1. The number of aldehydes is 1. The van der Waals surface area contributed by atoms with Gasteiger partial charge in [0.25, 0.3) is 0 Å². The molecule has 1 aromatic rings. The smallest absolute Gasteiger partial charge is 0.243 e. The lowest BCUT2D eigenvalue weighted by atomic mass is 10.1. The van der Waals surface area contributed by atoms with Gasteiger partial charge in [-0.2, -0.15) is 4.31 Å². The fourth-order valence-electron chi connectivity index (χ4n) is 2.23. The largest absolute Gasteiger partial charge is 0.302 e. The van der Waals surface area contributed by atoms with Crippen LogP contribution in [0.2, 0.25) is 0 Å². The Morgan fingerprint density at radius 1 is 1.37 bits per heavy atom. The zero-order valence-corrected chi connectivity index (χ0v) is 11.5. The van der Waals surface area contributed by atoms with E-state index in [9.17, 15) is 17.6 Å². The zero-order chi connectivity index (χ0) is 14.0. The summed E-state index contributed by atoms with van der Waals surface area (Å²) in [6.07, 6.45) is 2.73. The maximum absolute atomic E-state index is 13.5. The zero-order valence-electron chi connectivity index (χ0n) is 10.7. The molecule has 104 valence electrons. The molecule has 1 atom stereocenters. The van der Waals surface area contributed by atoms with Crippen molar-refractivity contribution >= 4 is 16.3 Å². The Morgan fingerprint density at radius 2 is 2.11 bits per heavy atom. The molecule has 0 spiro atoms. The molecular formula is C13H16FNO3S. The summed E-state index contributed by atoms with van der Waals surface area (Å²) in [5, 5.41) is 0. The van der Waals surface area contributed by atoms with E-state index in [1.165, 1.54) is 16.4 Å². The molecule has 1 aliphatic rings. The first-order valence-electron chi connectivity index (χ1n) is 6.20. The van der Waals surface area contributed by atoms with Crippen LogP contribution in [0.5, 0.6) is 0 Å². The second-order valence-electron chi connectivity index (χ2n) is 4.73. The van der Waals surface area contributed by atoms with E-state index in [0.717, 1.165) is 18.9 Å². The van der Waals surface area contributed by atoms with Crippen LogP contribution >= 0.6 is 0 Å². The van der Waals surface area contributed by atoms with Gasteiger partial charge < -0.3 is 4.79 Å². The Bertz CT molecular complexity index is 586. The van der Waals surface area contributed by atoms with Gasteiger partial charge in [0.05, 0.1) is 10.9 Å². The molecule has 0 amide bonds. The molecule has 1 heterocycles. The number of benzene rings is 1. The van der Waals surface area contributed by atoms with Gasteiger partial charge >= 0.3 is 0 Å². The summed E-state index contributed by atoms with van der Waals surface area (Å²) in [6.45, 7) is 1.88. The molecule has 2 rings (SSSR count). The summed E-state index contributed by atoms with van der Waals surface area (Å²) in [5.41, 5.74) is 0.393. The van der Waals surface area contributed by atoms with Crippen molar-refractivity contribution in [1.82, 2.24) is 4.31 Å². The Kier molecular flexibility index (Phi) is 4.01. The first-order valence-corrected chi connectivity index (χ1v) is 7.64. The fraction of sp³-hybridized carbons (Fsp3) is 0.462. The number of piperidine rings is 1. The van der Waals surface area contributed by atoms with Crippen LogP contribution in [0.4, 0.5) is 4.39 Å². The third-order valence-electron chi connectivity index (χ3n) is 3.41. The molecule has 0 saturated carbocycles. The lowest BCUT2D eigenvalue weighted by molar-refractivity contribution is -0.111. The summed E-state index contributed by atoms with van der Waals surface area (Å²) >= 11 is 0. The number of aryl methyl sites for hydroxylation is 1. The van der Waals surface area contributed by atoms with E-state index in [-0.39, 0.29) is 4.90 Å². The van der Waals surface area contributed by atoms with E-state index < -0.39 is 21.9 Å². The van der Waals surface area contributed by atoms with Crippen LogP contribution in [0.15, 0.2) is 23.1 Å². The molecule has 0 N–H and O–H groups in total. The third kappa shape index (κ3) is 2.69. The topological polar surface area (TPSA) is 54.5 Å². The van der Waals surface area contributed by atoms with Crippen LogP contribution in [0.3, 0.4) is 0 Å². The number of halogens is 1. The molecule has 4 nitrogen and oxygen atoms in total. The average Bonchev–Trinajstić information content (AvgIpc) is 2.41. The normalized spacial score (nSPS) is 21.3. The predicted molar refractivity (Wildman–Crippen MR) is 68.7 cm³/mol. The van der Waals surface area contributed by atoms with Crippen LogP contribution in [0.1, 0.15) is 24.8 Å². The van der Waals surface area contributed by atoms with Crippen molar-refractivity contribution in [1.29, 1.82) is 0 Å². The van der Waals surface area contributed by atoms with Crippen molar-refractivity contribution in [2.75, 3.05) is 6.54 Å². The molecule has 6 heteroatoms. The monoisotopic (exact) mass is 285 g/mol. The van der Waals surface area contributed by atoms with Gasteiger partial charge in [0.2, 0.25) is 10.0 Å². The highest BCUT2D eigenvalue weighted by Crippen LogP contribution is 2.25. The van der Waals surface area contributed by atoms with Gasteiger partial charge in [0, 0.05) is 6.54 Å². The number of hydrogen-bond donors (Lipinski definition) is 0. The minimum absolute atomic E-state index is 0.0932. The third-order valence-corrected chi connectivity index (χ3v) is 5.33. The van der Waals surface area contributed by atoms with Crippen LogP contribution in [-0.2, 0) is 14.8 Å². The maximum atomic E-state index is 13.5. The predicted octanol–water partition coefficient (Wildman–Crippen LogP) is 1.88. The highest BCUT2D eigenvalue weighted by atomic mass is 32.2. The molecule has 1 saturated heterocycles. The lowest BCUT2D eigenvalue weighted by Gasteiger charge is -2.31. The van der Waals surface area contributed by atoms with Crippen molar-refractivity contribution in [2.24, 2.45) is 0 Å². The van der Waals surface area contributed by atoms with Gasteiger partial charge in [0.15, 0.2) is 0 Å². The quantitative estimate of drug-likeness (QED) is 0.797. The minimum atomic E-state index is -3.80. The van der Waals surface area contributed by atoms with Crippen molar-refractivity contribution in [2.45, 2.75) is 37.1 Å². The average molecular weight is 285 g/mol. The van der Waals surface area contributed by atoms with E-state index in [2.05, 4.69) is 0 Å². The standard InChI is InChI=1S/C13H16FNO3S/c1-10-5-6-12(8-13(10)14)19(17,18)15-7-3-2-4-11(15)9-16/h5-6,8-9,11H,2-4,7H2,1H3. The highest BCUT2D eigenvalue weighted by Gasteiger charge is 2.33. The first-order chi connectivity index (χ1) is 8.96. The molecule has 0 aliphatic carbocycles. The van der Waals surface area contributed by atoms with E-state index in [1.807, 2.05) is 0 Å². The van der Waals surface area contributed by atoms with Crippen molar-refractivity contribution < 1.29 is 17.6 Å². The summed E-state index contributed by atoms with van der Waals surface area (Å²) < 4.78 is 39.5. The van der Waals surface area contributed by atoms with E-state index in [0.29, 0.717) is 24.8 Å². The number of hydrogen-bond acceptors (Lipinski definition) is 3. The summed E-state index contributed by atoms with van der Waals surface area (Å²) in [7, 11) is -3.80. The highest BCUT2D eigenvalue weighted by molar-refractivity contribution is 7.89. The Labute approximate surface area is 112 Å². The Balaban J connectivity index is 2.40. The van der Waals surface area contributed by atoms with E-state index in [1.54, 1.807) is 6.92 Å². The minimum Gasteiger partial charge on any atom is -0.302 e. The van der Waals surface area contributed by atoms with E-state index >= 15 is 0 Å². The van der Waals surface area contributed by atoms with Gasteiger partial charge in [-0.3, -0.25) is 0 Å². The maximum Gasteiger partial charge on any atom is 0.243 e. The first kappa shape index (κ1) is 14.1. The number of sulfonamides is 1. The SMILES string of the molecule is Cc1ccc(S(=O)(=O)N2CCCCC2C=O)cc1F. The van der Waals surface area contributed by atoms with Crippen LogP contribution in [-0.4, -0.2) is 31.6 Å². The van der Waals surface area contributed by atoms with Gasteiger partial charge in [-0.1, -0.05) is 12.5 Å². The molecule has 0 radical (unpaired) electrons. The van der Waals surface area contributed by atoms with Gasteiger partial charge in [-0.05, 0) is 37.5 Å². The van der Waals surface area contributed by atoms with Crippen LogP contribution in [0.25, 0.3) is 0 Å². The number of carbonyl (C=O) groups excluding carboxylic acids is 1. The summed E-state index contributed by atoms with van der Waals surface area (Å²) in [5.74, 6) is -0.555.